The summed E-state index contributed by atoms with van der Waals surface area (Å²) in [6.45, 7) is 0. The van der Waals surface area contributed by atoms with Crippen molar-refractivity contribution in [1.29, 1.82) is 0 Å². The summed E-state index contributed by atoms with van der Waals surface area (Å²) in [6, 6.07) is 11.9. The van der Waals surface area contributed by atoms with Gasteiger partial charge >= 0.3 is 5.97 Å². The Labute approximate surface area is 197 Å². The van der Waals surface area contributed by atoms with Crippen LogP contribution in [0, 0.1) is 0 Å². The van der Waals surface area contributed by atoms with Gasteiger partial charge in [-0.3, -0.25) is 25.1 Å². The van der Waals surface area contributed by atoms with E-state index in [-0.39, 0.29) is 17.3 Å². The predicted octanol–water partition coefficient (Wildman–Crippen LogP) is 3.32. The van der Waals surface area contributed by atoms with Crippen molar-refractivity contribution >= 4 is 69.7 Å². The van der Waals surface area contributed by atoms with Crippen LogP contribution in [0.2, 0.25) is 5.02 Å². The standard InChI is InChI=1S/C20H17ClN4O5S2/c1-29-15-7-11(10-22-25-19(31)23-13-4-2-3-12(21)8-13)5-6-14(15)30-17(26)9-16-18(27)24-20(28)32-16/h2-8,10,16H,9H2,1H3,(H2,23,25,31)(H,24,27,28)/b22-10+. The Morgan fingerprint density at radius 1 is 1.28 bits per heavy atom. The van der Waals surface area contributed by atoms with Crippen LogP contribution in [0.4, 0.5) is 10.5 Å². The lowest BCUT2D eigenvalue weighted by molar-refractivity contribution is -0.136. The number of nitrogens with zero attached hydrogens (tertiary/aromatic N) is 1. The molecule has 1 saturated heterocycles. The maximum Gasteiger partial charge on any atom is 0.312 e. The van der Waals surface area contributed by atoms with E-state index in [4.69, 9.17) is 33.3 Å². The first-order valence-electron chi connectivity index (χ1n) is 9.10. The van der Waals surface area contributed by atoms with E-state index >= 15 is 0 Å². The van der Waals surface area contributed by atoms with Gasteiger partial charge in [-0.1, -0.05) is 29.4 Å². The fourth-order valence-electron chi connectivity index (χ4n) is 2.58. The minimum atomic E-state index is -0.803. The fourth-order valence-corrected chi connectivity index (χ4v) is 3.75. The number of halogens is 1. The van der Waals surface area contributed by atoms with Gasteiger partial charge in [-0.2, -0.15) is 5.10 Å². The van der Waals surface area contributed by atoms with E-state index in [0.29, 0.717) is 16.3 Å². The molecule has 1 fully saturated rings. The molecule has 3 N–H and O–H groups in total. The molecule has 3 rings (SSSR count). The van der Waals surface area contributed by atoms with E-state index in [1.54, 1.807) is 30.3 Å². The number of thioether (sulfide) groups is 1. The SMILES string of the molecule is COc1cc(/C=N/NC(=S)Nc2cccc(Cl)c2)ccc1OC(=O)CC1SC(=O)NC1=O. The Balaban J connectivity index is 1.56. The van der Waals surface area contributed by atoms with Gasteiger partial charge in [-0.15, -0.1) is 0 Å². The molecule has 0 saturated carbocycles. The number of nitrogens with one attached hydrogen (secondary N) is 3. The van der Waals surface area contributed by atoms with E-state index in [0.717, 1.165) is 17.4 Å². The first-order valence-corrected chi connectivity index (χ1v) is 10.8. The number of carbonyl (C=O) groups is 3. The molecule has 1 unspecified atom stereocenters. The van der Waals surface area contributed by atoms with Gasteiger partial charge in [-0.05, 0) is 54.2 Å². The number of rotatable bonds is 7. The number of thiocarbonyl (C=S) groups is 1. The van der Waals surface area contributed by atoms with E-state index in [1.165, 1.54) is 19.4 Å². The number of benzene rings is 2. The quantitative estimate of drug-likeness (QED) is 0.176. The van der Waals surface area contributed by atoms with Crippen LogP contribution in [0.25, 0.3) is 0 Å². The summed E-state index contributed by atoms with van der Waals surface area (Å²) >= 11 is 11.9. The zero-order valence-corrected chi connectivity index (χ0v) is 19.0. The van der Waals surface area contributed by atoms with Gasteiger partial charge in [0.2, 0.25) is 5.91 Å². The summed E-state index contributed by atoms with van der Waals surface area (Å²) in [6.07, 6.45) is 1.26. The summed E-state index contributed by atoms with van der Waals surface area (Å²) in [7, 11) is 1.43. The maximum absolute atomic E-state index is 12.1. The molecule has 12 heteroatoms. The summed E-state index contributed by atoms with van der Waals surface area (Å²) in [5.41, 5.74) is 4.05. The normalized spacial score (nSPS) is 15.4. The number of anilines is 1. The molecule has 2 amide bonds. The van der Waals surface area contributed by atoms with E-state index in [2.05, 4.69) is 21.2 Å². The Morgan fingerprint density at radius 3 is 2.78 bits per heavy atom. The summed E-state index contributed by atoms with van der Waals surface area (Å²) in [5, 5.41) is 8.69. The van der Waals surface area contributed by atoms with Crippen LogP contribution in [-0.2, 0) is 9.59 Å². The van der Waals surface area contributed by atoms with E-state index in [1.807, 2.05) is 6.07 Å². The molecule has 1 heterocycles. The maximum atomic E-state index is 12.1. The van der Waals surface area contributed by atoms with Gasteiger partial charge in [0.15, 0.2) is 16.6 Å². The lowest BCUT2D eigenvalue weighted by Crippen LogP contribution is -2.27. The number of imide groups is 1. The minimum absolute atomic E-state index is 0.176. The van der Waals surface area contributed by atoms with E-state index in [9.17, 15) is 14.4 Å². The molecule has 9 nitrogen and oxygen atoms in total. The number of hydrogen-bond acceptors (Lipinski definition) is 8. The van der Waals surface area contributed by atoms with Crippen molar-refractivity contribution in [2.24, 2.45) is 5.10 Å². The average Bonchev–Trinajstić information content (AvgIpc) is 3.05. The monoisotopic (exact) mass is 492 g/mol. The molecule has 2 aromatic carbocycles. The zero-order valence-electron chi connectivity index (χ0n) is 16.6. The van der Waals surface area contributed by atoms with Gasteiger partial charge in [0.1, 0.15) is 5.25 Å². The third kappa shape index (κ3) is 6.67. The number of ether oxygens (including phenoxy) is 2. The first-order chi connectivity index (χ1) is 15.3. The Kier molecular flexibility index (Phi) is 8.03. The van der Waals surface area contributed by atoms with Crippen LogP contribution in [0.5, 0.6) is 11.5 Å². The zero-order chi connectivity index (χ0) is 23.1. The van der Waals surface area contributed by atoms with Crippen molar-refractivity contribution in [3.63, 3.8) is 0 Å². The highest BCUT2D eigenvalue weighted by atomic mass is 35.5. The van der Waals surface area contributed by atoms with Crippen molar-refractivity contribution in [1.82, 2.24) is 10.7 Å². The molecule has 0 bridgehead atoms. The van der Waals surface area contributed by atoms with Crippen LogP contribution in [-0.4, -0.2) is 40.8 Å². The number of esters is 1. The molecule has 0 spiro atoms. The molecule has 0 aliphatic carbocycles. The molecular weight excluding hydrogens is 476 g/mol. The van der Waals surface area contributed by atoms with Gasteiger partial charge in [0.05, 0.1) is 19.7 Å². The Hall–Kier alpha value is -3.15. The molecule has 1 atom stereocenters. The smallest absolute Gasteiger partial charge is 0.312 e. The lowest BCUT2D eigenvalue weighted by Gasteiger charge is -2.11. The van der Waals surface area contributed by atoms with Crippen molar-refractivity contribution in [2.45, 2.75) is 11.7 Å². The molecule has 32 heavy (non-hydrogen) atoms. The van der Waals surface area contributed by atoms with Crippen molar-refractivity contribution in [2.75, 3.05) is 12.4 Å². The van der Waals surface area contributed by atoms with Gasteiger partial charge in [0.25, 0.3) is 5.24 Å². The molecule has 0 radical (unpaired) electrons. The van der Waals surface area contributed by atoms with Crippen molar-refractivity contribution < 1.29 is 23.9 Å². The lowest BCUT2D eigenvalue weighted by atomic mass is 10.2. The molecule has 166 valence electrons. The third-order valence-electron chi connectivity index (χ3n) is 3.99. The van der Waals surface area contributed by atoms with Crippen LogP contribution >= 0.6 is 35.6 Å². The second-order valence-electron chi connectivity index (χ2n) is 6.31. The van der Waals surface area contributed by atoms with Gasteiger partial charge in [-0.25, -0.2) is 0 Å². The van der Waals surface area contributed by atoms with Gasteiger partial charge < -0.3 is 14.8 Å². The Morgan fingerprint density at radius 2 is 2.09 bits per heavy atom. The van der Waals surface area contributed by atoms with Crippen LogP contribution in [0.3, 0.4) is 0 Å². The van der Waals surface area contributed by atoms with Crippen LogP contribution in [0.1, 0.15) is 12.0 Å². The number of methoxy groups -OCH3 is 1. The molecule has 1 aliphatic rings. The van der Waals surface area contributed by atoms with Gasteiger partial charge in [0, 0.05) is 10.7 Å². The number of amides is 2. The predicted molar refractivity (Wildman–Crippen MR) is 127 cm³/mol. The first kappa shape index (κ1) is 23.5. The second kappa shape index (κ2) is 10.9. The van der Waals surface area contributed by atoms with Crippen LogP contribution < -0.4 is 25.5 Å². The number of hydrazone groups is 1. The minimum Gasteiger partial charge on any atom is -0.493 e. The topological polar surface area (TPSA) is 118 Å². The highest BCUT2D eigenvalue weighted by Crippen LogP contribution is 2.29. The summed E-state index contributed by atoms with van der Waals surface area (Å²) in [4.78, 5) is 34.9. The molecular formula is C20H17ClN4O5S2. The third-order valence-corrected chi connectivity index (χ3v) is 5.40. The summed E-state index contributed by atoms with van der Waals surface area (Å²) in [5.74, 6) is -0.700. The van der Waals surface area contributed by atoms with Crippen LogP contribution in [0.15, 0.2) is 47.6 Å². The highest BCUT2D eigenvalue weighted by molar-refractivity contribution is 8.15. The molecule has 2 aromatic rings. The molecule has 0 aromatic heterocycles. The highest BCUT2D eigenvalue weighted by Gasteiger charge is 2.34. The Bertz CT molecular complexity index is 1100. The molecule has 1 aliphatic heterocycles. The van der Waals surface area contributed by atoms with Crippen molar-refractivity contribution in [3.05, 3.63) is 53.1 Å². The van der Waals surface area contributed by atoms with Crippen molar-refractivity contribution in [3.8, 4) is 11.5 Å². The number of carbonyl (C=O) groups excluding carboxylic acids is 3. The van der Waals surface area contributed by atoms with E-state index < -0.39 is 22.4 Å². The number of hydrogen-bond donors (Lipinski definition) is 3. The fraction of sp³-hybridized carbons (Fsp3) is 0.150. The average molecular weight is 493 g/mol. The largest absolute Gasteiger partial charge is 0.493 e. The summed E-state index contributed by atoms with van der Waals surface area (Å²) < 4.78 is 10.5. The second-order valence-corrected chi connectivity index (χ2v) is 8.33.